The van der Waals surface area contributed by atoms with Crippen LogP contribution in [-0.2, 0) is 0 Å². The first-order valence-electron chi connectivity index (χ1n) is 8.47. The van der Waals surface area contributed by atoms with Crippen molar-refractivity contribution in [3.05, 3.63) is 66.4 Å². The lowest BCUT2D eigenvalue weighted by Crippen LogP contribution is -2.14. The number of nitrogens with zero attached hydrogens (tertiary/aromatic N) is 2. The molecule has 2 aromatic carbocycles. The van der Waals surface area contributed by atoms with Crippen molar-refractivity contribution in [2.24, 2.45) is 0 Å². The highest BCUT2D eigenvalue weighted by atomic mass is 16.5. The van der Waals surface area contributed by atoms with Gasteiger partial charge in [0.1, 0.15) is 11.5 Å². The third-order valence-electron chi connectivity index (χ3n) is 3.69. The van der Waals surface area contributed by atoms with E-state index in [0.717, 1.165) is 11.4 Å². The molecule has 1 aromatic heterocycles. The second-order valence-electron chi connectivity index (χ2n) is 5.54. The lowest BCUT2D eigenvalue weighted by Gasteiger charge is -2.10. The molecule has 0 spiro atoms. The van der Waals surface area contributed by atoms with E-state index in [0.29, 0.717) is 23.9 Å². The van der Waals surface area contributed by atoms with E-state index in [1.807, 2.05) is 31.2 Å². The first kappa shape index (κ1) is 18.2. The molecule has 2 N–H and O–H groups in total. The molecule has 0 radical (unpaired) electrons. The molecule has 7 nitrogen and oxygen atoms in total. The van der Waals surface area contributed by atoms with E-state index < -0.39 is 0 Å². The van der Waals surface area contributed by atoms with E-state index in [2.05, 4.69) is 20.8 Å². The smallest absolute Gasteiger partial charge is 0.276 e. The van der Waals surface area contributed by atoms with Gasteiger partial charge in [-0.3, -0.25) is 4.79 Å². The first-order valence-corrected chi connectivity index (χ1v) is 8.47. The molecule has 27 heavy (non-hydrogen) atoms. The molecule has 3 rings (SSSR count). The quantitative estimate of drug-likeness (QED) is 0.662. The summed E-state index contributed by atoms with van der Waals surface area (Å²) in [7, 11) is 1.60. The Morgan fingerprint density at radius 3 is 2.44 bits per heavy atom. The third-order valence-corrected chi connectivity index (χ3v) is 3.69. The summed E-state index contributed by atoms with van der Waals surface area (Å²) in [5, 5.41) is 13.9. The SMILES string of the molecule is CCOc1ccc(NC(=O)c2ccc(Nc3ccccc3OC)nn2)cc1. The maximum atomic E-state index is 12.3. The number of carbonyl (C=O) groups is 1. The Hall–Kier alpha value is -3.61. The Labute approximate surface area is 157 Å². The molecule has 0 aliphatic heterocycles. The van der Waals surface area contributed by atoms with Crippen molar-refractivity contribution in [1.82, 2.24) is 10.2 Å². The zero-order chi connectivity index (χ0) is 19.1. The lowest BCUT2D eigenvalue weighted by molar-refractivity contribution is 0.102. The van der Waals surface area contributed by atoms with Crippen LogP contribution in [0.2, 0.25) is 0 Å². The summed E-state index contributed by atoms with van der Waals surface area (Å²) in [5.41, 5.74) is 1.64. The van der Waals surface area contributed by atoms with Crippen molar-refractivity contribution in [3.8, 4) is 11.5 Å². The van der Waals surface area contributed by atoms with Gasteiger partial charge in [-0.15, -0.1) is 10.2 Å². The van der Waals surface area contributed by atoms with Gasteiger partial charge in [0.05, 0.1) is 19.4 Å². The maximum Gasteiger partial charge on any atom is 0.276 e. The number of rotatable bonds is 7. The van der Waals surface area contributed by atoms with Crippen LogP contribution in [0.4, 0.5) is 17.2 Å². The largest absolute Gasteiger partial charge is 0.495 e. The predicted octanol–water partition coefficient (Wildman–Crippen LogP) is 3.88. The first-order chi connectivity index (χ1) is 13.2. The van der Waals surface area contributed by atoms with Crippen LogP contribution in [-0.4, -0.2) is 29.8 Å². The average molecular weight is 364 g/mol. The number of aromatic nitrogens is 2. The van der Waals surface area contributed by atoms with Crippen LogP contribution >= 0.6 is 0 Å². The number of methoxy groups -OCH3 is 1. The normalized spacial score (nSPS) is 10.1. The molecule has 0 saturated carbocycles. The van der Waals surface area contributed by atoms with Crippen molar-refractivity contribution in [2.75, 3.05) is 24.4 Å². The van der Waals surface area contributed by atoms with Crippen molar-refractivity contribution in [1.29, 1.82) is 0 Å². The molecule has 1 amide bonds. The van der Waals surface area contributed by atoms with Gasteiger partial charge in [0.25, 0.3) is 5.91 Å². The molecular weight excluding hydrogens is 344 g/mol. The maximum absolute atomic E-state index is 12.3. The molecule has 3 aromatic rings. The van der Waals surface area contributed by atoms with E-state index in [-0.39, 0.29) is 11.6 Å². The molecule has 0 bridgehead atoms. The van der Waals surface area contributed by atoms with E-state index in [9.17, 15) is 4.79 Å². The molecule has 0 fully saturated rings. The number of hydrogen-bond donors (Lipinski definition) is 2. The van der Waals surface area contributed by atoms with Crippen LogP contribution in [0.5, 0.6) is 11.5 Å². The molecule has 0 aliphatic carbocycles. The highest BCUT2D eigenvalue weighted by Crippen LogP contribution is 2.25. The van der Waals surface area contributed by atoms with Crippen LogP contribution in [0, 0.1) is 0 Å². The van der Waals surface area contributed by atoms with Crippen molar-refractivity contribution >= 4 is 23.1 Å². The highest BCUT2D eigenvalue weighted by molar-refractivity contribution is 6.02. The second kappa shape index (κ2) is 8.66. The number of anilines is 3. The fourth-order valence-corrected chi connectivity index (χ4v) is 2.40. The van der Waals surface area contributed by atoms with Gasteiger partial charge in [-0.05, 0) is 55.5 Å². The van der Waals surface area contributed by atoms with E-state index in [1.165, 1.54) is 0 Å². The Morgan fingerprint density at radius 2 is 1.78 bits per heavy atom. The monoisotopic (exact) mass is 364 g/mol. The summed E-state index contributed by atoms with van der Waals surface area (Å²) in [5.74, 6) is 1.62. The van der Waals surface area contributed by atoms with Crippen LogP contribution in [0.25, 0.3) is 0 Å². The number of ether oxygens (including phenoxy) is 2. The number of carbonyl (C=O) groups excluding carboxylic acids is 1. The number of nitrogens with one attached hydrogen (secondary N) is 2. The second-order valence-corrected chi connectivity index (χ2v) is 5.54. The molecule has 0 unspecified atom stereocenters. The summed E-state index contributed by atoms with van der Waals surface area (Å²) < 4.78 is 10.7. The van der Waals surface area contributed by atoms with E-state index >= 15 is 0 Å². The molecule has 1 heterocycles. The number of amides is 1. The zero-order valence-corrected chi connectivity index (χ0v) is 15.1. The van der Waals surface area contributed by atoms with Gasteiger partial charge >= 0.3 is 0 Å². The number of hydrogen-bond acceptors (Lipinski definition) is 6. The third kappa shape index (κ3) is 4.72. The summed E-state index contributed by atoms with van der Waals surface area (Å²) >= 11 is 0. The standard InChI is InChI=1S/C20H20N4O3/c1-3-27-15-10-8-14(9-11-15)21-20(25)17-12-13-19(24-23-17)22-16-6-4-5-7-18(16)26-2/h4-13H,3H2,1-2H3,(H,21,25)(H,22,24). The van der Waals surface area contributed by atoms with E-state index in [1.54, 1.807) is 43.5 Å². The minimum Gasteiger partial charge on any atom is -0.495 e. The minimum atomic E-state index is -0.337. The molecule has 138 valence electrons. The zero-order valence-electron chi connectivity index (χ0n) is 15.1. The van der Waals surface area contributed by atoms with Gasteiger partial charge in [-0.25, -0.2) is 0 Å². The minimum absolute atomic E-state index is 0.217. The molecular formula is C20H20N4O3. The van der Waals surface area contributed by atoms with Crippen LogP contribution in [0.1, 0.15) is 17.4 Å². The lowest BCUT2D eigenvalue weighted by atomic mass is 10.2. The van der Waals surface area contributed by atoms with Gasteiger partial charge in [0.2, 0.25) is 0 Å². The fraction of sp³-hybridized carbons (Fsp3) is 0.150. The molecule has 0 saturated heterocycles. The molecule has 0 aliphatic rings. The molecule has 0 atom stereocenters. The average Bonchev–Trinajstić information content (AvgIpc) is 2.70. The summed E-state index contributed by atoms with van der Waals surface area (Å²) in [6, 6.07) is 17.9. The highest BCUT2D eigenvalue weighted by Gasteiger charge is 2.10. The van der Waals surface area contributed by atoms with Gasteiger partial charge in [-0.1, -0.05) is 12.1 Å². The van der Waals surface area contributed by atoms with Gasteiger partial charge in [-0.2, -0.15) is 0 Å². The Morgan fingerprint density at radius 1 is 1.00 bits per heavy atom. The summed E-state index contributed by atoms with van der Waals surface area (Å²) in [6.07, 6.45) is 0. The Kier molecular flexibility index (Phi) is 5.84. The van der Waals surface area contributed by atoms with Crippen LogP contribution < -0.4 is 20.1 Å². The van der Waals surface area contributed by atoms with Crippen molar-refractivity contribution < 1.29 is 14.3 Å². The van der Waals surface area contributed by atoms with Gasteiger partial charge in [0, 0.05) is 5.69 Å². The summed E-state index contributed by atoms with van der Waals surface area (Å²) in [6.45, 7) is 2.51. The molecule has 7 heteroatoms. The predicted molar refractivity (Wildman–Crippen MR) is 104 cm³/mol. The van der Waals surface area contributed by atoms with E-state index in [4.69, 9.17) is 9.47 Å². The Balaban J connectivity index is 1.65. The Bertz CT molecular complexity index is 896. The van der Waals surface area contributed by atoms with Gasteiger partial charge in [0.15, 0.2) is 11.5 Å². The van der Waals surface area contributed by atoms with Crippen LogP contribution in [0.3, 0.4) is 0 Å². The fourth-order valence-electron chi connectivity index (χ4n) is 2.40. The van der Waals surface area contributed by atoms with Crippen LogP contribution in [0.15, 0.2) is 60.7 Å². The van der Waals surface area contributed by atoms with Crippen molar-refractivity contribution in [3.63, 3.8) is 0 Å². The number of benzene rings is 2. The number of para-hydroxylation sites is 2. The summed E-state index contributed by atoms with van der Waals surface area (Å²) in [4.78, 5) is 12.3. The van der Waals surface area contributed by atoms with Gasteiger partial charge < -0.3 is 20.1 Å². The van der Waals surface area contributed by atoms with Crippen molar-refractivity contribution in [2.45, 2.75) is 6.92 Å². The topological polar surface area (TPSA) is 85.4 Å².